The largest absolute Gasteiger partial charge is 0.461 e. The SMILES string of the molecule is CCOC(=O)c1cc(S(=O)(=O)Cl)nn1Cc1ccccc1. The maximum absolute atomic E-state index is 11.9. The van der Waals surface area contributed by atoms with Gasteiger partial charge >= 0.3 is 5.97 Å². The van der Waals surface area contributed by atoms with Gasteiger partial charge in [0.05, 0.1) is 13.2 Å². The maximum atomic E-state index is 11.9. The molecule has 0 aliphatic heterocycles. The molecule has 0 spiro atoms. The van der Waals surface area contributed by atoms with Crippen molar-refractivity contribution < 1.29 is 17.9 Å². The summed E-state index contributed by atoms with van der Waals surface area (Å²) in [5.74, 6) is -0.646. The number of esters is 1. The number of ether oxygens (including phenoxy) is 1. The number of carbonyl (C=O) groups excluding carboxylic acids is 1. The summed E-state index contributed by atoms with van der Waals surface area (Å²) in [6.45, 7) is 2.08. The Hall–Kier alpha value is -1.86. The highest BCUT2D eigenvalue weighted by Gasteiger charge is 2.22. The monoisotopic (exact) mass is 328 g/mol. The zero-order valence-electron chi connectivity index (χ0n) is 11.2. The molecule has 0 aliphatic rings. The molecule has 1 aromatic carbocycles. The van der Waals surface area contributed by atoms with Gasteiger partial charge in [0.25, 0.3) is 9.05 Å². The molecule has 0 atom stereocenters. The molecule has 21 heavy (non-hydrogen) atoms. The third-order valence-electron chi connectivity index (χ3n) is 2.67. The molecule has 2 aromatic rings. The lowest BCUT2D eigenvalue weighted by Gasteiger charge is -2.06. The Bertz CT molecular complexity index is 741. The van der Waals surface area contributed by atoms with Gasteiger partial charge in [-0.2, -0.15) is 5.10 Å². The fraction of sp³-hybridized carbons (Fsp3) is 0.231. The third-order valence-corrected chi connectivity index (χ3v) is 3.84. The zero-order valence-corrected chi connectivity index (χ0v) is 12.8. The van der Waals surface area contributed by atoms with Crippen LogP contribution in [0.15, 0.2) is 41.4 Å². The highest BCUT2D eigenvalue weighted by Crippen LogP contribution is 2.17. The van der Waals surface area contributed by atoms with Crippen molar-refractivity contribution in [3.05, 3.63) is 47.7 Å². The van der Waals surface area contributed by atoms with Crippen LogP contribution in [0.25, 0.3) is 0 Å². The highest BCUT2D eigenvalue weighted by molar-refractivity contribution is 8.13. The standard InChI is InChI=1S/C13H13ClN2O4S/c1-2-20-13(17)11-8-12(21(14,18)19)15-16(11)9-10-6-4-3-5-7-10/h3-8H,2,9H2,1H3. The van der Waals surface area contributed by atoms with Crippen LogP contribution in [0.1, 0.15) is 23.0 Å². The molecule has 112 valence electrons. The van der Waals surface area contributed by atoms with E-state index in [-0.39, 0.29) is 23.9 Å². The minimum absolute atomic E-state index is 0.0416. The minimum Gasteiger partial charge on any atom is -0.461 e. The van der Waals surface area contributed by atoms with Crippen LogP contribution in [0.4, 0.5) is 0 Å². The second kappa shape index (κ2) is 6.28. The molecule has 0 N–H and O–H groups in total. The van der Waals surface area contributed by atoms with Crippen molar-refractivity contribution in [1.82, 2.24) is 9.78 Å². The van der Waals surface area contributed by atoms with Crippen molar-refractivity contribution in [2.45, 2.75) is 18.5 Å². The van der Waals surface area contributed by atoms with Crippen LogP contribution in [0.5, 0.6) is 0 Å². The summed E-state index contributed by atoms with van der Waals surface area (Å²) in [5.41, 5.74) is 0.907. The van der Waals surface area contributed by atoms with Crippen LogP contribution in [0, 0.1) is 0 Å². The van der Waals surface area contributed by atoms with Crippen molar-refractivity contribution in [2.75, 3.05) is 6.61 Å². The molecule has 2 rings (SSSR count). The van der Waals surface area contributed by atoms with Crippen LogP contribution in [-0.4, -0.2) is 30.8 Å². The lowest BCUT2D eigenvalue weighted by Crippen LogP contribution is -2.14. The van der Waals surface area contributed by atoms with Crippen molar-refractivity contribution in [1.29, 1.82) is 0 Å². The lowest BCUT2D eigenvalue weighted by atomic mass is 10.2. The van der Waals surface area contributed by atoms with Crippen LogP contribution in [0.2, 0.25) is 0 Å². The molecule has 0 amide bonds. The molecule has 0 fully saturated rings. The topological polar surface area (TPSA) is 78.3 Å². The van der Waals surface area contributed by atoms with E-state index in [0.29, 0.717) is 0 Å². The summed E-state index contributed by atoms with van der Waals surface area (Å²) in [7, 11) is 1.26. The van der Waals surface area contributed by atoms with E-state index in [1.165, 1.54) is 4.68 Å². The molecule has 1 heterocycles. The van der Waals surface area contributed by atoms with E-state index in [9.17, 15) is 13.2 Å². The van der Waals surface area contributed by atoms with Crippen molar-refractivity contribution in [2.24, 2.45) is 0 Å². The second-order valence-corrected chi connectivity index (χ2v) is 6.68. The fourth-order valence-electron chi connectivity index (χ4n) is 1.76. The van der Waals surface area contributed by atoms with Crippen molar-refractivity contribution in [3.63, 3.8) is 0 Å². The summed E-state index contributed by atoms with van der Waals surface area (Å²) in [4.78, 5) is 11.9. The van der Waals surface area contributed by atoms with E-state index in [1.807, 2.05) is 30.3 Å². The Balaban J connectivity index is 2.42. The predicted octanol–water partition coefficient (Wildman–Crippen LogP) is 2.04. The number of halogens is 1. The molecule has 0 saturated carbocycles. The van der Waals surface area contributed by atoms with Gasteiger partial charge in [-0.3, -0.25) is 4.68 Å². The van der Waals surface area contributed by atoms with Crippen LogP contribution in [0.3, 0.4) is 0 Å². The number of rotatable bonds is 5. The summed E-state index contributed by atoms with van der Waals surface area (Å²) in [6, 6.07) is 10.3. The number of benzene rings is 1. The zero-order chi connectivity index (χ0) is 15.5. The van der Waals surface area contributed by atoms with E-state index >= 15 is 0 Å². The normalized spacial score (nSPS) is 11.3. The molecular formula is C13H13ClN2O4S. The first kappa shape index (κ1) is 15.5. The average molecular weight is 329 g/mol. The third kappa shape index (κ3) is 3.83. The smallest absolute Gasteiger partial charge is 0.356 e. The number of nitrogens with zero attached hydrogens (tertiary/aromatic N) is 2. The van der Waals surface area contributed by atoms with Crippen molar-refractivity contribution >= 4 is 25.7 Å². The molecule has 6 nitrogen and oxygen atoms in total. The van der Waals surface area contributed by atoms with Gasteiger partial charge in [-0.05, 0) is 12.5 Å². The van der Waals surface area contributed by atoms with E-state index < -0.39 is 15.0 Å². The number of aromatic nitrogens is 2. The maximum Gasteiger partial charge on any atom is 0.356 e. The molecule has 8 heteroatoms. The Labute approximate surface area is 126 Å². The Morgan fingerprint density at radius 1 is 1.33 bits per heavy atom. The molecule has 0 aliphatic carbocycles. The number of hydrogen-bond acceptors (Lipinski definition) is 5. The van der Waals surface area contributed by atoms with Crippen LogP contribution >= 0.6 is 10.7 Å². The van der Waals surface area contributed by atoms with Gasteiger partial charge in [0.1, 0.15) is 5.69 Å². The Kier molecular flexibility index (Phi) is 4.64. The molecule has 0 bridgehead atoms. The van der Waals surface area contributed by atoms with Gasteiger partial charge in [-0.25, -0.2) is 13.2 Å². The first-order valence-corrected chi connectivity index (χ1v) is 8.46. The Morgan fingerprint density at radius 3 is 2.57 bits per heavy atom. The lowest BCUT2D eigenvalue weighted by molar-refractivity contribution is 0.0512. The predicted molar refractivity (Wildman–Crippen MR) is 76.8 cm³/mol. The van der Waals surface area contributed by atoms with Gasteiger partial charge in [-0.15, -0.1) is 0 Å². The summed E-state index contributed by atoms with van der Waals surface area (Å²) >= 11 is 0. The summed E-state index contributed by atoms with van der Waals surface area (Å²) in [5, 5.41) is 3.50. The van der Waals surface area contributed by atoms with E-state index in [1.54, 1.807) is 6.92 Å². The average Bonchev–Trinajstić information content (AvgIpc) is 2.84. The van der Waals surface area contributed by atoms with Gasteiger partial charge in [0.15, 0.2) is 5.03 Å². The molecule has 0 saturated heterocycles. The Morgan fingerprint density at radius 2 is 2.00 bits per heavy atom. The van der Waals surface area contributed by atoms with Gasteiger partial charge < -0.3 is 4.74 Å². The number of carbonyl (C=O) groups is 1. The molecular weight excluding hydrogens is 316 g/mol. The van der Waals surface area contributed by atoms with Crippen LogP contribution in [-0.2, 0) is 20.3 Å². The van der Waals surface area contributed by atoms with Gasteiger partial charge in [0.2, 0.25) is 0 Å². The molecule has 0 radical (unpaired) electrons. The van der Waals surface area contributed by atoms with Crippen molar-refractivity contribution in [3.8, 4) is 0 Å². The highest BCUT2D eigenvalue weighted by atomic mass is 35.7. The van der Waals surface area contributed by atoms with Gasteiger partial charge in [0, 0.05) is 16.7 Å². The summed E-state index contributed by atoms with van der Waals surface area (Å²) < 4.78 is 28.9. The van der Waals surface area contributed by atoms with Gasteiger partial charge in [-0.1, -0.05) is 30.3 Å². The van der Waals surface area contributed by atoms with E-state index in [2.05, 4.69) is 5.10 Å². The minimum atomic E-state index is -4.01. The molecule has 0 unspecified atom stereocenters. The van der Waals surface area contributed by atoms with E-state index in [4.69, 9.17) is 15.4 Å². The van der Waals surface area contributed by atoms with Crippen LogP contribution < -0.4 is 0 Å². The van der Waals surface area contributed by atoms with E-state index in [0.717, 1.165) is 11.6 Å². The molecule has 1 aromatic heterocycles. The first-order chi connectivity index (χ1) is 9.91. The first-order valence-electron chi connectivity index (χ1n) is 6.15. The summed E-state index contributed by atoms with van der Waals surface area (Å²) in [6.07, 6.45) is 0. The quantitative estimate of drug-likeness (QED) is 0.620. The second-order valence-electron chi connectivity index (χ2n) is 4.17. The fourth-order valence-corrected chi connectivity index (χ4v) is 2.43. The number of hydrogen-bond donors (Lipinski definition) is 0.